The fraction of sp³-hybridized carbons (Fsp3) is 0.647. The van der Waals surface area contributed by atoms with Gasteiger partial charge in [-0.25, -0.2) is 0 Å². The molecule has 2 nitrogen and oxygen atoms in total. The first kappa shape index (κ1) is 11.6. The normalized spacial score (nSPS) is 39.5. The van der Waals surface area contributed by atoms with Crippen LogP contribution in [0.5, 0.6) is 11.5 Å². The van der Waals surface area contributed by atoms with Gasteiger partial charge in [0.05, 0.1) is 7.11 Å². The molecule has 0 radical (unpaired) electrons. The number of phenols is 1. The smallest absolute Gasteiger partial charge is 0.122 e. The van der Waals surface area contributed by atoms with Gasteiger partial charge in [0.15, 0.2) is 0 Å². The van der Waals surface area contributed by atoms with Crippen molar-refractivity contribution in [3.63, 3.8) is 0 Å². The summed E-state index contributed by atoms with van der Waals surface area (Å²) < 4.78 is 5.55. The van der Waals surface area contributed by atoms with Crippen molar-refractivity contribution in [3.8, 4) is 11.5 Å². The maximum atomic E-state index is 9.83. The summed E-state index contributed by atoms with van der Waals surface area (Å²) in [7, 11) is 1.74. The number of methoxy groups -OCH3 is 1. The van der Waals surface area contributed by atoms with Crippen molar-refractivity contribution in [1.82, 2.24) is 0 Å². The third-order valence-corrected chi connectivity index (χ3v) is 5.80. The van der Waals surface area contributed by atoms with Gasteiger partial charge in [0.25, 0.3) is 0 Å². The SMILES string of the molecule is COc1ccc(O)cc1C1C2CC3CC(C2)CC1C3. The molecule has 0 saturated heterocycles. The second-order valence-electron chi connectivity index (χ2n) is 6.88. The monoisotopic (exact) mass is 258 g/mol. The zero-order valence-electron chi connectivity index (χ0n) is 11.5. The van der Waals surface area contributed by atoms with Gasteiger partial charge in [-0.05, 0) is 79.9 Å². The fourth-order valence-electron chi connectivity index (χ4n) is 5.42. The molecule has 1 aromatic carbocycles. The first-order chi connectivity index (χ1) is 9.24. The van der Waals surface area contributed by atoms with E-state index < -0.39 is 0 Å². The molecule has 1 N–H and O–H groups in total. The molecule has 0 unspecified atom stereocenters. The van der Waals surface area contributed by atoms with Gasteiger partial charge in [0.2, 0.25) is 0 Å². The number of ether oxygens (including phenoxy) is 1. The minimum atomic E-state index is 0.379. The van der Waals surface area contributed by atoms with Crippen molar-refractivity contribution in [1.29, 1.82) is 0 Å². The quantitative estimate of drug-likeness (QED) is 0.870. The van der Waals surface area contributed by atoms with E-state index in [-0.39, 0.29) is 0 Å². The van der Waals surface area contributed by atoms with Gasteiger partial charge >= 0.3 is 0 Å². The van der Waals surface area contributed by atoms with E-state index in [1.165, 1.54) is 37.7 Å². The fourth-order valence-corrected chi connectivity index (χ4v) is 5.42. The lowest BCUT2D eigenvalue weighted by atomic mass is 9.50. The molecule has 4 aliphatic rings. The summed E-state index contributed by atoms with van der Waals surface area (Å²) in [6.45, 7) is 0. The van der Waals surface area contributed by atoms with Gasteiger partial charge in [-0.15, -0.1) is 0 Å². The van der Waals surface area contributed by atoms with Gasteiger partial charge in [0.1, 0.15) is 11.5 Å². The summed E-state index contributed by atoms with van der Waals surface area (Å²) in [5, 5.41) is 9.83. The molecule has 0 aliphatic heterocycles. The number of benzene rings is 1. The maximum Gasteiger partial charge on any atom is 0.122 e. The third kappa shape index (κ3) is 1.76. The van der Waals surface area contributed by atoms with E-state index in [1.54, 1.807) is 13.2 Å². The Morgan fingerprint density at radius 1 is 1.00 bits per heavy atom. The molecule has 19 heavy (non-hydrogen) atoms. The minimum absolute atomic E-state index is 0.379. The molecule has 0 heterocycles. The first-order valence-corrected chi connectivity index (χ1v) is 7.61. The third-order valence-electron chi connectivity index (χ3n) is 5.80. The Balaban J connectivity index is 1.74. The molecule has 4 fully saturated rings. The Bertz CT molecular complexity index is 466. The van der Waals surface area contributed by atoms with Crippen LogP contribution in [0.4, 0.5) is 0 Å². The Labute approximate surface area is 114 Å². The van der Waals surface area contributed by atoms with Crippen LogP contribution in [0.25, 0.3) is 0 Å². The Morgan fingerprint density at radius 2 is 1.63 bits per heavy atom. The average Bonchev–Trinajstić information content (AvgIpc) is 2.37. The van der Waals surface area contributed by atoms with E-state index in [1.807, 2.05) is 12.1 Å². The summed E-state index contributed by atoms with van der Waals surface area (Å²) >= 11 is 0. The van der Waals surface area contributed by atoms with Crippen molar-refractivity contribution >= 4 is 0 Å². The molecule has 0 spiro atoms. The summed E-state index contributed by atoms with van der Waals surface area (Å²) in [5.74, 6) is 5.60. The van der Waals surface area contributed by atoms with Gasteiger partial charge < -0.3 is 9.84 Å². The van der Waals surface area contributed by atoms with Crippen LogP contribution in [0.1, 0.15) is 43.6 Å². The van der Waals surface area contributed by atoms with E-state index in [0.29, 0.717) is 11.7 Å². The highest BCUT2D eigenvalue weighted by molar-refractivity contribution is 5.43. The van der Waals surface area contributed by atoms with Crippen LogP contribution in [0.3, 0.4) is 0 Å². The number of hydrogen-bond donors (Lipinski definition) is 1. The van der Waals surface area contributed by atoms with Crippen molar-refractivity contribution in [3.05, 3.63) is 23.8 Å². The molecular formula is C17H22O2. The van der Waals surface area contributed by atoms with E-state index in [4.69, 9.17) is 4.74 Å². The molecule has 2 heteroatoms. The van der Waals surface area contributed by atoms with Crippen molar-refractivity contribution in [2.24, 2.45) is 23.7 Å². The number of phenolic OH excluding ortho intramolecular Hbond substituents is 1. The summed E-state index contributed by atoms with van der Waals surface area (Å²) in [4.78, 5) is 0. The van der Waals surface area contributed by atoms with Gasteiger partial charge in [-0.1, -0.05) is 0 Å². The standard InChI is InChI=1S/C17H22O2/c1-19-16-3-2-14(18)9-15(16)17-12-5-10-4-11(7-12)8-13(17)6-10/h2-3,9-13,17-18H,4-8H2,1H3. The second kappa shape index (κ2) is 4.16. The number of aromatic hydroxyl groups is 1. The molecule has 0 amide bonds. The van der Waals surface area contributed by atoms with Crippen molar-refractivity contribution < 1.29 is 9.84 Å². The van der Waals surface area contributed by atoms with Gasteiger partial charge in [-0.3, -0.25) is 0 Å². The zero-order chi connectivity index (χ0) is 13.0. The highest BCUT2D eigenvalue weighted by Gasteiger charge is 2.49. The Morgan fingerprint density at radius 3 is 2.21 bits per heavy atom. The Hall–Kier alpha value is -1.18. The second-order valence-corrected chi connectivity index (χ2v) is 6.88. The largest absolute Gasteiger partial charge is 0.508 e. The van der Waals surface area contributed by atoms with E-state index in [2.05, 4.69) is 0 Å². The van der Waals surface area contributed by atoms with Crippen LogP contribution in [0.2, 0.25) is 0 Å². The molecule has 0 aromatic heterocycles. The molecule has 1 aromatic rings. The van der Waals surface area contributed by atoms with E-state index in [0.717, 1.165) is 29.4 Å². The first-order valence-electron chi connectivity index (χ1n) is 7.61. The summed E-state index contributed by atoms with van der Waals surface area (Å²) in [6, 6.07) is 5.61. The minimum Gasteiger partial charge on any atom is -0.508 e. The molecule has 5 rings (SSSR count). The van der Waals surface area contributed by atoms with Crippen LogP contribution in [-0.4, -0.2) is 12.2 Å². The zero-order valence-corrected chi connectivity index (χ0v) is 11.5. The van der Waals surface area contributed by atoms with Gasteiger partial charge in [-0.2, -0.15) is 0 Å². The van der Waals surface area contributed by atoms with Crippen molar-refractivity contribution in [2.75, 3.05) is 7.11 Å². The lowest BCUT2D eigenvalue weighted by Crippen LogP contribution is -2.43. The maximum absolute atomic E-state index is 9.83. The molecule has 102 valence electrons. The topological polar surface area (TPSA) is 29.5 Å². The predicted molar refractivity (Wildman–Crippen MR) is 74.4 cm³/mol. The average molecular weight is 258 g/mol. The van der Waals surface area contributed by atoms with Crippen LogP contribution in [0, 0.1) is 23.7 Å². The van der Waals surface area contributed by atoms with Crippen LogP contribution in [-0.2, 0) is 0 Å². The highest BCUT2D eigenvalue weighted by Crippen LogP contribution is 2.60. The molecule has 4 bridgehead atoms. The number of hydrogen-bond acceptors (Lipinski definition) is 2. The van der Waals surface area contributed by atoms with Crippen LogP contribution in [0.15, 0.2) is 18.2 Å². The van der Waals surface area contributed by atoms with Crippen molar-refractivity contribution in [2.45, 2.75) is 38.0 Å². The molecule has 0 atom stereocenters. The molecule has 4 aliphatic carbocycles. The van der Waals surface area contributed by atoms with Crippen LogP contribution < -0.4 is 4.74 Å². The van der Waals surface area contributed by atoms with E-state index >= 15 is 0 Å². The predicted octanol–water partition coefficient (Wildman–Crippen LogP) is 3.94. The Kier molecular flexibility index (Phi) is 2.54. The lowest BCUT2D eigenvalue weighted by Gasteiger charge is -2.54. The summed E-state index contributed by atoms with van der Waals surface area (Å²) in [6.07, 6.45) is 7.08. The molecular weight excluding hydrogens is 236 g/mol. The lowest BCUT2D eigenvalue weighted by molar-refractivity contribution is -0.00352. The van der Waals surface area contributed by atoms with Gasteiger partial charge in [0, 0.05) is 5.56 Å². The molecule has 4 saturated carbocycles. The highest BCUT2D eigenvalue weighted by atomic mass is 16.5. The van der Waals surface area contributed by atoms with E-state index in [9.17, 15) is 5.11 Å². The summed E-state index contributed by atoms with van der Waals surface area (Å²) in [5.41, 5.74) is 1.26. The van der Waals surface area contributed by atoms with Crippen LogP contribution >= 0.6 is 0 Å². The number of rotatable bonds is 2.